The largest absolute Gasteiger partial charge is 0.493 e. The van der Waals surface area contributed by atoms with Gasteiger partial charge >= 0.3 is 0 Å². The van der Waals surface area contributed by atoms with Gasteiger partial charge in [-0.3, -0.25) is 9.69 Å². The number of carbonyl (C=O) groups is 1. The third-order valence-electron chi connectivity index (χ3n) is 3.59. The van der Waals surface area contributed by atoms with E-state index in [1.54, 1.807) is 19.1 Å². The number of likely N-dealkylation sites (N-methyl/N-ethyl adjacent to an activating group) is 1. The van der Waals surface area contributed by atoms with E-state index in [1.807, 2.05) is 43.5 Å². The van der Waals surface area contributed by atoms with E-state index in [-0.39, 0.29) is 5.91 Å². The molecule has 2 heterocycles. The second-order valence-electron chi connectivity index (χ2n) is 5.48. The molecule has 3 rings (SSSR count). The lowest BCUT2D eigenvalue weighted by atomic mass is 10.2. The van der Waals surface area contributed by atoms with Crippen LogP contribution in [0.3, 0.4) is 0 Å². The monoisotopic (exact) mass is 389 g/mol. The van der Waals surface area contributed by atoms with E-state index in [0.717, 1.165) is 11.3 Å². The van der Waals surface area contributed by atoms with Gasteiger partial charge in [-0.05, 0) is 49.4 Å². The molecule has 0 spiro atoms. The highest BCUT2D eigenvalue weighted by atomic mass is 32.2. The number of ether oxygens (including phenoxy) is 2. The number of aliphatic imine (C=N–C) groups is 1. The number of thioether (sulfide) groups is 1. The number of benzene rings is 1. The first-order chi connectivity index (χ1) is 12.5. The van der Waals surface area contributed by atoms with Crippen LogP contribution in [0, 0.1) is 6.92 Å². The number of aryl methyl sites for hydroxylation is 1. The predicted molar refractivity (Wildman–Crippen MR) is 106 cm³/mol. The smallest absolute Gasteiger partial charge is 0.266 e. The average molecular weight is 390 g/mol. The number of rotatable bonds is 5. The molecule has 0 bridgehead atoms. The number of nitrogens with zero attached hydrogens (tertiary/aromatic N) is 3. The van der Waals surface area contributed by atoms with E-state index in [2.05, 4.69) is 9.98 Å². The van der Waals surface area contributed by atoms with E-state index in [1.165, 1.54) is 23.1 Å². The van der Waals surface area contributed by atoms with E-state index in [0.29, 0.717) is 33.3 Å². The summed E-state index contributed by atoms with van der Waals surface area (Å²) < 4.78 is 10.9. The van der Waals surface area contributed by atoms with Crippen molar-refractivity contribution < 1.29 is 14.3 Å². The standard InChI is InChI=1S/C18H19N3O3S2/c1-5-24-13-7-6-12(8-14(13)23-4)9-15-16(22)21(3)18(26-15)20-17-19-11(2)10-25-17/h6-10H,5H2,1-4H3/b15-9-,20-18+. The Morgan fingerprint density at radius 2 is 2.15 bits per heavy atom. The summed E-state index contributed by atoms with van der Waals surface area (Å²) in [6, 6.07) is 5.59. The van der Waals surface area contributed by atoms with Crippen LogP contribution in [-0.2, 0) is 4.79 Å². The lowest BCUT2D eigenvalue weighted by Crippen LogP contribution is -2.23. The molecule has 0 radical (unpaired) electrons. The highest BCUT2D eigenvalue weighted by Gasteiger charge is 2.30. The van der Waals surface area contributed by atoms with Gasteiger partial charge in [0.2, 0.25) is 5.13 Å². The molecule has 0 saturated carbocycles. The minimum atomic E-state index is -0.0881. The number of amides is 1. The molecule has 8 heteroatoms. The molecule has 1 aromatic heterocycles. The predicted octanol–water partition coefficient (Wildman–Crippen LogP) is 4.09. The third-order valence-corrected chi connectivity index (χ3v) is 5.50. The molecule has 6 nitrogen and oxygen atoms in total. The first-order valence-electron chi connectivity index (χ1n) is 8.01. The maximum Gasteiger partial charge on any atom is 0.266 e. The lowest BCUT2D eigenvalue weighted by molar-refractivity contribution is -0.121. The third kappa shape index (κ3) is 3.91. The Kier molecular flexibility index (Phi) is 5.63. The molecular weight excluding hydrogens is 370 g/mol. The molecule has 1 saturated heterocycles. The number of amidine groups is 1. The fraction of sp³-hybridized carbons (Fsp3) is 0.278. The van der Waals surface area contributed by atoms with Gasteiger partial charge in [0.25, 0.3) is 5.91 Å². The Morgan fingerprint density at radius 3 is 2.81 bits per heavy atom. The number of hydrogen-bond acceptors (Lipinski definition) is 7. The molecule has 0 N–H and O–H groups in total. The van der Waals surface area contributed by atoms with Gasteiger partial charge in [-0.2, -0.15) is 4.99 Å². The van der Waals surface area contributed by atoms with Gasteiger partial charge in [0.1, 0.15) is 0 Å². The molecule has 1 aromatic carbocycles. The van der Waals surface area contributed by atoms with Gasteiger partial charge in [0.15, 0.2) is 16.7 Å². The minimum Gasteiger partial charge on any atom is -0.493 e. The Labute approximate surface area is 160 Å². The van der Waals surface area contributed by atoms with Gasteiger partial charge in [0, 0.05) is 12.4 Å². The summed E-state index contributed by atoms with van der Waals surface area (Å²) in [5, 5.41) is 3.20. The normalized spacial score (nSPS) is 17.4. The van der Waals surface area contributed by atoms with Crippen molar-refractivity contribution in [2.45, 2.75) is 13.8 Å². The summed E-state index contributed by atoms with van der Waals surface area (Å²) in [6.45, 7) is 4.40. The number of thiazole rings is 1. The van der Waals surface area contributed by atoms with Crippen LogP contribution in [0.25, 0.3) is 6.08 Å². The number of aromatic nitrogens is 1. The fourth-order valence-electron chi connectivity index (χ4n) is 2.33. The number of methoxy groups -OCH3 is 1. The molecular formula is C18H19N3O3S2. The first kappa shape index (κ1) is 18.5. The average Bonchev–Trinajstić information content (AvgIpc) is 3.15. The van der Waals surface area contributed by atoms with Crippen LogP contribution in [0.2, 0.25) is 0 Å². The summed E-state index contributed by atoms with van der Waals surface area (Å²) in [7, 11) is 3.31. The maximum absolute atomic E-state index is 12.5. The van der Waals surface area contributed by atoms with Crippen molar-refractivity contribution in [3.8, 4) is 11.5 Å². The molecule has 0 aliphatic carbocycles. The molecule has 136 valence electrons. The molecule has 26 heavy (non-hydrogen) atoms. The van der Waals surface area contributed by atoms with Crippen molar-refractivity contribution in [2.75, 3.05) is 20.8 Å². The number of carbonyl (C=O) groups excluding carboxylic acids is 1. The van der Waals surface area contributed by atoms with Crippen LogP contribution >= 0.6 is 23.1 Å². The zero-order chi connectivity index (χ0) is 18.7. The molecule has 1 aliphatic rings. The Bertz CT molecular complexity index is 890. The quantitative estimate of drug-likeness (QED) is 0.721. The van der Waals surface area contributed by atoms with Crippen LogP contribution in [-0.4, -0.2) is 41.7 Å². The zero-order valence-electron chi connectivity index (χ0n) is 15.0. The van der Waals surface area contributed by atoms with E-state index >= 15 is 0 Å². The van der Waals surface area contributed by atoms with Crippen molar-refractivity contribution in [1.29, 1.82) is 0 Å². The van der Waals surface area contributed by atoms with Crippen LogP contribution in [0.5, 0.6) is 11.5 Å². The second-order valence-corrected chi connectivity index (χ2v) is 7.33. The molecule has 0 atom stereocenters. The van der Waals surface area contributed by atoms with Gasteiger partial charge < -0.3 is 9.47 Å². The van der Waals surface area contributed by atoms with Crippen molar-refractivity contribution in [2.24, 2.45) is 4.99 Å². The van der Waals surface area contributed by atoms with Crippen LogP contribution < -0.4 is 9.47 Å². The molecule has 1 aliphatic heterocycles. The van der Waals surface area contributed by atoms with Crippen molar-refractivity contribution >= 4 is 45.4 Å². The van der Waals surface area contributed by atoms with Crippen LogP contribution in [0.15, 0.2) is 33.5 Å². The SMILES string of the molecule is CCOc1ccc(/C=C2\S/C(=N/c3nc(C)cs3)N(C)C2=O)cc1OC. The number of hydrogen-bond donors (Lipinski definition) is 0. The topological polar surface area (TPSA) is 64.0 Å². The highest BCUT2D eigenvalue weighted by molar-refractivity contribution is 8.18. The second kappa shape index (κ2) is 7.92. The maximum atomic E-state index is 12.5. The van der Waals surface area contributed by atoms with Gasteiger partial charge in [-0.15, -0.1) is 11.3 Å². The van der Waals surface area contributed by atoms with Crippen molar-refractivity contribution in [3.05, 3.63) is 39.7 Å². The summed E-state index contributed by atoms with van der Waals surface area (Å²) in [5.74, 6) is 1.23. The highest BCUT2D eigenvalue weighted by Crippen LogP contribution is 2.35. The van der Waals surface area contributed by atoms with Crippen molar-refractivity contribution in [1.82, 2.24) is 9.88 Å². The van der Waals surface area contributed by atoms with Crippen LogP contribution in [0.4, 0.5) is 5.13 Å². The van der Waals surface area contributed by atoms with E-state index in [9.17, 15) is 4.79 Å². The van der Waals surface area contributed by atoms with Gasteiger partial charge in [-0.25, -0.2) is 4.98 Å². The minimum absolute atomic E-state index is 0.0881. The van der Waals surface area contributed by atoms with Gasteiger partial charge in [0.05, 0.1) is 24.3 Å². The summed E-state index contributed by atoms with van der Waals surface area (Å²) in [6.07, 6.45) is 1.83. The molecule has 0 unspecified atom stereocenters. The summed E-state index contributed by atoms with van der Waals surface area (Å²) >= 11 is 2.79. The van der Waals surface area contributed by atoms with Gasteiger partial charge in [-0.1, -0.05) is 6.07 Å². The van der Waals surface area contributed by atoms with E-state index in [4.69, 9.17) is 9.47 Å². The first-order valence-corrected chi connectivity index (χ1v) is 9.70. The summed E-state index contributed by atoms with van der Waals surface area (Å²) in [4.78, 5) is 23.5. The Morgan fingerprint density at radius 1 is 1.35 bits per heavy atom. The molecule has 1 fully saturated rings. The van der Waals surface area contributed by atoms with Crippen molar-refractivity contribution in [3.63, 3.8) is 0 Å². The Hall–Kier alpha value is -2.32. The fourth-order valence-corrected chi connectivity index (χ4v) is 4.02. The zero-order valence-corrected chi connectivity index (χ0v) is 16.6. The lowest BCUT2D eigenvalue weighted by Gasteiger charge is -2.09. The van der Waals surface area contributed by atoms with E-state index < -0.39 is 0 Å². The van der Waals surface area contributed by atoms with Crippen LogP contribution in [0.1, 0.15) is 18.2 Å². The molecule has 2 aromatic rings. The molecule has 1 amide bonds. The summed E-state index contributed by atoms with van der Waals surface area (Å²) in [5.41, 5.74) is 1.78. The Balaban J connectivity index is 1.87.